The summed E-state index contributed by atoms with van der Waals surface area (Å²) < 4.78 is 0.801. The Morgan fingerprint density at radius 3 is 2.86 bits per heavy atom. The van der Waals surface area contributed by atoms with E-state index in [1.807, 2.05) is 30.3 Å². The fourth-order valence-corrected chi connectivity index (χ4v) is 2.63. The summed E-state index contributed by atoms with van der Waals surface area (Å²) in [5.41, 5.74) is 8.85. The maximum atomic E-state index is 5.99. The van der Waals surface area contributed by atoms with Gasteiger partial charge in [0.2, 0.25) is 0 Å². The average Bonchev–Trinajstić information content (AvgIpc) is 2.51. The van der Waals surface area contributed by atoms with Gasteiger partial charge in [0.15, 0.2) is 5.82 Å². The number of hydrogen-bond acceptors (Lipinski definition) is 4. The third-order valence-corrected chi connectivity index (χ3v) is 4.16. The van der Waals surface area contributed by atoms with E-state index in [0.717, 1.165) is 39.5 Å². The highest BCUT2D eigenvalue weighted by atomic mass is 79.9. The van der Waals surface area contributed by atoms with Crippen LogP contribution in [0.3, 0.4) is 0 Å². The summed E-state index contributed by atoms with van der Waals surface area (Å²) in [5.74, 6) is 1.14. The Morgan fingerprint density at radius 1 is 1.19 bits per heavy atom. The zero-order chi connectivity index (χ0) is 14.8. The molecule has 0 radical (unpaired) electrons. The zero-order valence-corrected chi connectivity index (χ0v) is 13.3. The van der Waals surface area contributed by atoms with Crippen LogP contribution in [0, 0.1) is 0 Å². The highest BCUT2D eigenvalue weighted by Crippen LogP contribution is 2.27. The normalized spacial score (nSPS) is 11.0. The maximum Gasteiger partial charge on any atom is 0.161 e. The highest BCUT2D eigenvalue weighted by molar-refractivity contribution is 9.10. The van der Waals surface area contributed by atoms with Crippen LogP contribution in [-0.2, 0) is 6.42 Å². The van der Waals surface area contributed by atoms with Gasteiger partial charge in [-0.3, -0.25) is 4.98 Å². The number of pyridine rings is 1. The molecule has 1 aromatic carbocycles. The van der Waals surface area contributed by atoms with E-state index in [1.165, 1.54) is 0 Å². The molecule has 0 bridgehead atoms. The van der Waals surface area contributed by atoms with E-state index in [-0.39, 0.29) is 0 Å². The lowest BCUT2D eigenvalue weighted by Crippen LogP contribution is -2.02. The molecule has 2 aromatic heterocycles. The monoisotopic (exact) mass is 342 g/mol. The third kappa shape index (κ3) is 2.74. The number of rotatable bonds is 3. The molecule has 0 amide bonds. The Morgan fingerprint density at radius 2 is 2.05 bits per heavy atom. The first kappa shape index (κ1) is 13.9. The van der Waals surface area contributed by atoms with Gasteiger partial charge >= 0.3 is 0 Å². The number of fused-ring (bicyclic) bond motifs is 1. The predicted octanol–water partition coefficient (Wildman–Crippen LogP) is 3.99. The van der Waals surface area contributed by atoms with E-state index in [0.29, 0.717) is 11.6 Å². The second-order valence-electron chi connectivity index (χ2n) is 4.85. The van der Waals surface area contributed by atoms with Gasteiger partial charge in [0, 0.05) is 17.1 Å². The molecule has 3 aromatic rings. The van der Waals surface area contributed by atoms with Gasteiger partial charge in [-0.05, 0) is 46.6 Å². The average molecular weight is 343 g/mol. The van der Waals surface area contributed by atoms with Crippen molar-refractivity contribution in [1.82, 2.24) is 15.0 Å². The topological polar surface area (TPSA) is 64.7 Å². The van der Waals surface area contributed by atoms with E-state index >= 15 is 0 Å². The van der Waals surface area contributed by atoms with Crippen LogP contribution in [0.25, 0.3) is 22.3 Å². The van der Waals surface area contributed by atoms with E-state index in [2.05, 4.69) is 37.8 Å². The van der Waals surface area contributed by atoms with Gasteiger partial charge in [0.25, 0.3) is 0 Å². The molecule has 0 atom stereocenters. The maximum absolute atomic E-state index is 5.99. The number of nitrogens with two attached hydrogens (primary N) is 1. The fourth-order valence-electron chi connectivity index (χ4n) is 2.26. The van der Waals surface area contributed by atoms with Crippen molar-refractivity contribution in [2.24, 2.45) is 0 Å². The van der Waals surface area contributed by atoms with E-state index in [1.54, 1.807) is 6.20 Å². The van der Waals surface area contributed by atoms with E-state index < -0.39 is 0 Å². The van der Waals surface area contributed by atoms with Crippen molar-refractivity contribution in [1.29, 1.82) is 0 Å². The first-order valence-corrected chi connectivity index (χ1v) is 7.65. The van der Waals surface area contributed by atoms with Crippen LogP contribution in [-0.4, -0.2) is 15.0 Å². The Hall–Kier alpha value is -2.01. The highest BCUT2D eigenvalue weighted by Gasteiger charge is 2.11. The first-order chi connectivity index (χ1) is 10.2. The van der Waals surface area contributed by atoms with Crippen LogP contribution >= 0.6 is 15.9 Å². The minimum Gasteiger partial charge on any atom is -0.383 e. The predicted molar refractivity (Wildman–Crippen MR) is 88.9 cm³/mol. The Balaban J connectivity index is 2.13. The van der Waals surface area contributed by atoms with Gasteiger partial charge in [-0.15, -0.1) is 0 Å². The summed E-state index contributed by atoms with van der Waals surface area (Å²) in [4.78, 5) is 13.4. The fraction of sp³-hybridized carbons (Fsp3) is 0.188. The van der Waals surface area contributed by atoms with Crippen molar-refractivity contribution in [3.63, 3.8) is 0 Å². The van der Waals surface area contributed by atoms with Gasteiger partial charge in [-0.25, -0.2) is 9.97 Å². The number of aromatic nitrogens is 3. The smallest absolute Gasteiger partial charge is 0.161 e. The second-order valence-corrected chi connectivity index (χ2v) is 5.65. The molecule has 2 heterocycles. The summed E-state index contributed by atoms with van der Waals surface area (Å²) >= 11 is 3.47. The van der Waals surface area contributed by atoms with Crippen LogP contribution in [0.15, 0.2) is 41.0 Å². The zero-order valence-electron chi connectivity index (χ0n) is 11.7. The van der Waals surface area contributed by atoms with E-state index in [9.17, 15) is 0 Å². The minimum atomic E-state index is 0.481. The standard InChI is InChI=1S/C16H15BrN4/c1-2-4-13-14(17)15(18)21-16(20-13)11-6-7-12-10(9-11)5-3-8-19-12/h3,5-9H,2,4H2,1H3,(H2,18,20,21). The molecule has 0 aliphatic rings. The van der Waals surface area contributed by atoms with Crippen molar-refractivity contribution in [3.05, 3.63) is 46.7 Å². The molecule has 0 spiro atoms. The Kier molecular flexibility index (Phi) is 3.84. The summed E-state index contributed by atoms with van der Waals surface area (Å²) in [7, 11) is 0. The van der Waals surface area contributed by atoms with Crippen molar-refractivity contribution < 1.29 is 0 Å². The summed E-state index contributed by atoms with van der Waals surface area (Å²) in [6, 6.07) is 9.95. The van der Waals surface area contributed by atoms with Crippen LogP contribution < -0.4 is 5.73 Å². The van der Waals surface area contributed by atoms with Crippen LogP contribution in [0.2, 0.25) is 0 Å². The van der Waals surface area contributed by atoms with Gasteiger partial charge in [-0.1, -0.05) is 19.4 Å². The molecule has 3 rings (SSSR count). The van der Waals surface area contributed by atoms with Crippen molar-refractivity contribution in [3.8, 4) is 11.4 Å². The second kappa shape index (κ2) is 5.77. The molecule has 21 heavy (non-hydrogen) atoms. The molecule has 0 saturated carbocycles. The Bertz CT molecular complexity index is 801. The molecule has 0 unspecified atom stereocenters. The summed E-state index contributed by atoms with van der Waals surface area (Å²) in [6.45, 7) is 2.12. The van der Waals surface area contributed by atoms with Gasteiger partial charge in [-0.2, -0.15) is 0 Å². The first-order valence-electron chi connectivity index (χ1n) is 6.86. The number of aryl methyl sites for hydroxylation is 1. The number of hydrogen-bond donors (Lipinski definition) is 1. The molecule has 4 nitrogen and oxygen atoms in total. The molecule has 0 aliphatic carbocycles. The minimum absolute atomic E-state index is 0.481. The molecule has 0 aliphatic heterocycles. The number of benzene rings is 1. The van der Waals surface area contributed by atoms with Crippen LogP contribution in [0.4, 0.5) is 5.82 Å². The van der Waals surface area contributed by atoms with Gasteiger partial charge in [0.1, 0.15) is 5.82 Å². The summed E-state index contributed by atoms with van der Waals surface area (Å²) in [5, 5.41) is 1.07. The number of anilines is 1. The molecule has 5 heteroatoms. The number of nitrogen functional groups attached to an aromatic ring is 1. The molecule has 0 saturated heterocycles. The summed E-state index contributed by atoms with van der Waals surface area (Å²) in [6.07, 6.45) is 3.67. The van der Waals surface area contributed by atoms with E-state index in [4.69, 9.17) is 5.73 Å². The van der Waals surface area contributed by atoms with Gasteiger partial charge < -0.3 is 5.73 Å². The SMILES string of the molecule is CCCc1nc(-c2ccc3ncccc3c2)nc(N)c1Br. The molecular formula is C16H15BrN4. The third-order valence-electron chi connectivity index (χ3n) is 3.29. The molecule has 106 valence electrons. The van der Waals surface area contributed by atoms with Crippen LogP contribution in [0.1, 0.15) is 19.0 Å². The number of nitrogens with zero attached hydrogens (tertiary/aromatic N) is 3. The van der Waals surface area contributed by atoms with Crippen molar-refractivity contribution in [2.75, 3.05) is 5.73 Å². The molecule has 0 fully saturated rings. The lowest BCUT2D eigenvalue weighted by atomic mass is 10.1. The Labute approximate surface area is 131 Å². The molecular weight excluding hydrogens is 328 g/mol. The van der Waals surface area contributed by atoms with Crippen molar-refractivity contribution >= 4 is 32.7 Å². The number of halogens is 1. The molecule has 2 N–H and O–H groups in total. The largest absolute Gasteiger partial charge is 0.383 e. The van der Waals surface area contributed by atoms with Crippen molar-refractivity contribution in [2.45, 2.75) is 19.8 Å². The lowest BCUT2D eigenvalue weighted by Gasteiger charge is -2.09. The quantitative estimate of drug-likeness (QED) is 0.781. The van der Waals surface area contributed by atoms with Gasteiger partial charge in [0.05, 0.1) is 15.7 Å². The lowest BCUT2D eigenvalue weighted by molar-refractivity contribution is 0.870. The van der Waals surface area contributed by atoms with Crippen LogP contribution in [0.5, 0.6) is 0 Å².